The summed E-state index contributed by atoms with van der Waals surface area (Å²) in [4.78, 5) is 16.1. The van der Waals surface area contributed by atoms with Gasteiger partial charge < -0.3 is 19.3 Å². The number of hydrogen-bond donors (Lipinski definition) is 0. The molecule has 6 nitrogen and oxygen atoms in total. The van der Waals surface area contributed by atoms with Gasteiger partial charge >= 0.3 is 6.09 Å². The zero-order valence-electron chi connectivity index (χ0n) is 16.6. The molecule has 0 radical (unpaired) electrons. The van der Waals surface area contributed by atoms with E-state index in [4.69, 9.17) is 9.47 Å². The van der Waals surface area contributed by atoms with Gasteiger partial charge in [0.15, 0.2) is 0 Å². The van der Waals surface area contributed by atoms with E-state index in [1.54, 1.807) is 12.0 Å². The molecule has 142 valence electrons. The number of benzene rings is 1. The van der Waals surface area contributed by atoms with Crippen LogP contribution in [-0.4, -0.2) is 49.9 Å². The number of nitrogens with zero attached hydrogens (tertiary/aromatic N) is 3. The van der Waals surface area contributed by atoms with E-state index in [1.165, 1.54) is 0 Å². The van der Waals surface area contributed by atoms with Crippen LogP contribution in [0.15, 0.2) is 18.2 Å². The fourth-order valence-electron chi connectivity index (χ4n) is 2.93. The quantitative estimate of drug-likeness (QED) is 0.826. The molecule has 0 bridgehead atoms. The van der Waals surface area contributed by atoms with Crippen molar-refractivity contribution in [2.45, 2.75) is 45.6 Å². The lowest BCUT2D eigenvalue weighted by Gasteiger charge is -2.37. The van der Waals surface area contributed by atoms with E-state index in [0.29, 0.717) is 18.8 Å². The minimum Gasteiger partial charge on any atom is -0.496 e. The van der Waals surface area contributed by atoms with Crippen LogP contribution in [0.25, 0.3) is 0 Å². The van der Waals surface area contributed by atoms with Gasteiger partial charge in [-0.25, -0.2) is 4.79 Å². The molecule has 1 aromatic carbocycles. The highest BCUT2D eigenvalue weighted by Crippen LogP contribution is 2.34. The Hall–Kier alpha value is -2.42. The Labute approximate surface area is 156 Å². The lowest BCUT2D eigenvalue weighted by atomic mass is 9.85. The zero-order valence-corrected chi connectivity index (χ0v) is 16.6. The second kappa shape index (κ2) is 7.45. The van der Waals surface area contributed by atoms with Gasteiger partial charge in [-0.3, -0.25) is 0 Å². The lowest BCUT2D eigenvalue weighted by molar-refractivity contribution is 0.0240. The van der Waals surface area contributed by atoms with Crippen molar-refractivity contribution >= 4 is 11.8 Å². The standard InChI is InChI=1S/C20H29N3O3/c1-19(2,3)26-18(24)23-11-9-22(10-12-23)15-7-8-16(17(13-15)25-6)20(4,5)14-21/h7-8,13H,9-12H2,1-6H3. The smallest absolute Gasteiger partial charge is 0.410 e. The van der Waals surface area contributed by atoms with Crippen LogP contribution in [0.2, 0.25) is 0 Å². The molecule has 1 aliphatic rings. The van der Waals surface area contributed by atoms with E-state index in [9.17, 15) is 10.1 Å². The van der Waals surface area contributed by atoms with Crippen molar-refractivity contribution in [2.75, 3.05) is 38.2 Å². The predicted octanol–water partition coefficient (Wildman–Crippen LogP) is 3.55. The lowest BCUT2D eigenvalue weighted by Crippen LogP contribution is -2.50. The second-order valence-electron chi connectivity index (χ2n) is 8.08. The van der Waals surface area contributed by atoms with Crippen LogP contribution in [-0.2, 0) is 10.2 Å². The molecule has 6 heteroatoms. The molecule has 0 saturated carbocycles. The first-order valence-electron chi connectivity index (χ1n) is 8.90. The van der Waals surface area contributed by atoms with Gasteiger partial charge in [-0.05, 0) is 40.7 Å². The molecule has 26 heavy (non-hydrogen) atoms. The van der Waals surface area contributed by atoms with Crippen molar-refractivity contribution in [2.24, 2.45) is 0 Å². The third kappa shape index (κ3) is 4.60. The average molecular weight is 359 g/mol. The largest absolute Gasteiger partial charge is 0.496 e. The first-order chi connectivity index (χ1) is 12.1. The molecule has 2 rings (SSSR count). The van der Waals surface area contributed by atoms with E-state index in [0.717, 1.165) is 24.3 Å². The van der Waals surface area contributed by atoms with Crippen molar-refractivity contribution in [1.29, 1.82) is 5.26 Å². The van der Waals surface area contributed by atoms with Gasteiger partial charge in [0.25, 0.3) is 0 Å². The third-order valence-corrected chi connectivity index (χ3v) is 4.43. The van der Waals surface area contributed by atoms with Crippen molar-refractivity contribution in [1.82, 2.24) is 4.90 Å². The van der Waals surface area contributed by atoms with E-state index in [2.05, 4.69) is 11.0 Å². The van der Waals surface area contributed by atoms with Crippen LogP contribution in [0, 0.1) is 11.3 Å². The summed E-state index contributed by atoms with van der Waals surface area (Å²) < 4.78 is 11.0. The summed E-state index contributed by atoms with van der Waals surface area (Å²) in [5, 5.41) is 9.38. The van der Waals surface area contributed by atoms with Gasteiger partial charge in [0.1, 0.15) is 11.4 Å². The van der Waals surface area contributed by atoms with Crippen LogP contribution < -0.4 is 9.64 Å². The summed E-state index contributed by atoms with van der Waals surface area (Å²) in [5.41, 5.74) is 0.811. The van der Waals surface area contributed by atoms with E-state index >= 15 is 0 Å². The second-order valence-corrected chi connectivity index (χ2v) is 8.08. The van der Waals surface area contributed by atoms with Crippen LogP contribution in [0.5, 0.6) is 5.75 Å². The molecule has 0 spiro atoms. The molecule has 0 N–H and O–H groups in total. The Morgan fingerprint density at radius 3 is 2.23 bits per heavy atom. The first-order valence-corrected chi connectivity index (χ1v) is 8.90. The van der Waals surface area contributed by atoms with Gasteiger partial charge in [-0.1, -0.05) is 6.07 Å². The number of carbonyl (C=O) groups is 1. The van der Waals surface area contributed by atoms with Crippen molar-refractivity contribution in [3.05, 3.63) is 23.8 Å². The Bertz CT molecular complexity index is 693. The number of ether oxygens (including phenoxy) is 2. The Morgan fingerprint density at radius 2 is 1.73 bits per heavy atom. The monoisotopic (exact) mass is 359 g/mol. The van der Waals surface area contributed by atoms with Gasteiger partial charge in [-0.2, -0.15) is 5.26 Å². The Balaban J connectivity index is 2.08. The molecule has 1 saturated heterocycles. The zero-order chi connectivity index (χ0) is 19.5. The summed E-state index contributed by atoms with van der Waals surface area (Å²) in [5.74, 6) is 0.712. The summed E-state index contributed by atoms with van der Waals surface area (Å²) in [7, 11) is 1.62. The van der Waals surface area contributed by atoms with E-state index in [-0.39, 0.29) is 6.09 Å². The highest BCUT2D eigenvalue weighted by atomic mass is 16.6. The average Bonchev–Trinajstić information content (AvgIpc) is 2.59. The Kier molecular flexibility index (Phi) is 5.70. The minimum absolute atomic E-state index is 0.263. The van der Waals surface area contributed by atoms with Gasteiger partial charge in [-0.15, -0.1) is 0 Å². The van der Waals surface area contributed by atoms with Crippen molar-refractivity contribution < 1.29 is 14.3 Å². The fourth-order valence-corrected chi connectivity index (χ4v) is 2.93. The molecule has 0 aliphatic carbocycles. The topological polar surface area (TPSA) is 65.8 Å². The summed E-state index contributed by atoms with van der Waals surface area (Å²) in [6, 6.07) is 8.26. The number of anilines is 1. The van der Waals surface area contributed by atoms with Crippen LogP contribution in [0.4, 0.5) is 10.5 Å². The number of rotatable bonds is 3. The Morgan fingerprint density at radius 1 is 1.12 bits per heavy atom. The predicted molar refractivity (Wildman–Crippen MR) is 102 cm³/mol. The molecule has 1 aromatic rings. The van der Waals surface area contributed by atoms with Gasteiger partial charge in [0, 0.05) is 43.5 Å². The fraction of sp³-hybridized carbons (Fsp3) is 0.600. The molecule has 1 heterocycles. The maximum atomic E-state index is 12.2. The number of carbonyl (C=O) groups excluding carboxylic acids is 1. The maximum Gasteiger partial charge on any atom is 0.410 e. The van der Waals surface area contributed by atoms with E-state index < -0.39 is 11.0 Å². The molecule has 0 aromatic heterocycles. The van der Waals surface area contributed by atoms with Crippen molar-refractivity contribution in [3.63, 3.8) is 0 Å². The number of piperazine rings is 1. The van der Waals surface area contributed by atoms with Gasteiger partial charge in [0.05, 0.1) is 18.6 Å². The minimum atomic E-state index is -0.612. The molecular weight excluding hydrogens is 330 g/mol. The first kappa shape index (κ1) is 19.9. The number of amides is 1. The molecule has 0 atom stereocenters. The SMILES string of the molecule is COc1cc(N2CCN(C(=O)OC(C)(C)C)CC2)ccc1C(C)(C)C#N. The van der Waals surface area contributed by atoms with Crippen LogP contribution >= 0.6 is 0 Å². The number of methoxy groups -OCH3 is 1. The number of hydrogen-bond acceptors (Lipinski definition) is 5. The van der Waals surface area contributed by atoms with Crippen molar-refractivity contribution in [3.8, 4) is 11.8 Å². The summed E-state index contributed by atoms with van der Waals surface area (Å²) >= 11 is 0. The summed E-state index contributed by atoms with van der Waals surface area (Å²) in [6.07, 6.45) is -0.263. The number of nitriles is 1. The van der Waals surface area contributed by atoms with E-state index in [1.807, 2.05) is 52.8 Å². The third-order valence-electron chi connectivity index (χ3n) is 4.43. The molecule has 1 aliphatic heterocycles. The molecule has 1 fully saturated rings. The molecule has 1 amide bonds. The van der Waals surface area contributed by atoms with Crippen LogP contribution in [0.1, 0.15) is 40.2 Å². The normalized spacial score (nSPS) is 15.4. The van der Waals surface area contributed by atoms with Gasteiger partial charge in [0.2, 0.25) is 0 Å². The summed E-state index contributed by atoms with van der Waals surface area (Å²) in [6.45, 7) is 12.1. The molecule has 0 unspecified atom stereocenters. The highest BCUT2D eigenvalue weighted by molar-refractivity contribution is 5.68. The molecular formula is C20H29N3O3. The maximum absolute atomic E-state index is 12.2. The van der Waals surface area contributed by atoms with Crippen LogP contribution in [0.3, 0.4) is 0 Å². The highest BCUT2D eigenvalue weighted by Gasteiger charge is 2.28.